The summed E-state index contributed by atoms with van der Waals surface area (Å²) in [6, 6.07) is 23.0. The fourth-order valence-electron chi connectivity index (χ4n) is 4.69. The van der Waals surface area contributed by atoms with Crippen LogP contribution in [0.15, 0.2) is 72.8 Å². The Morgan fingerprint density at radius 3 is 2.32 bits per heavy atom. The van der Waals surface area contributed by atoms with Crippen LogP contribution in [-0.4, -0.2) is 57.7 Å². The molecular formula is C29H29Cl2NO6. The maximum atomic E-state index is 12.8. The van der Waals surface area contributed by atoms with Crippen LogP contribution in [0.4, 0.5) is 0 Å². The van der Waals surface area contributed by atoms with E-state index in [4.69, 9.17) is 23.2 Å². The molecule has 38 heavy (non-hydrogen) atoms. The number of hydrogen-bond donors (Lipinski definition) is 4. The van der Waals surface area contributed by atoms with Crippen LogP contribution >= 0.6 is 23.2 Å². The molecule has 1 fully saturated rings. The fraction of sp³-hybridized carbons (Fsp3) is 0.310. The van der Waals surface area contributed by atoms with Gasteiger partial charge < -0.3 is 25.4 Å². The molecule has 0 aromatic heterocycles. The van der Waals surface area contributed by atoms with Crippen LogP contribution in [0.2, 0.25) is 10.0 Å². The number of hydrogen-bond acceptors (Lipinski definition) is 6. The third-order valence-corrected chi connectivity index (χ3v) is 7.71. The smallest absolute Gasteiger partial charge is 0.343 e. The highest BCUT2D eigenvalue weighted by atomic mass is 35.5. The number of rotatable bonds is 9. The van der Waals surface area contributed by atoms with Crippen molar-refractivity contribution in [2.45, 2.75) is 49.5 Å². The highest BCUT2D eigenvalue weighted by Gasteiger charge is 2.56. The molecule has 9 heteroatoms. The van der Waals surface area contributed by atoms with Crippen molar-refractivity contribution in [3.8, 4) is 11.1 Å². The largest absolute Gasteiger partial charge is 0.461 e. The molecule has 4 N–H and O–H groups in total. The first-order valence-corrected chi connectivity index (χ1v) is 13.0. The molecule has 1 aliphatic heterocycles. The highest BCUT2D eigenvalue weighted by Crippen LogP contribution is 2.31. The summed E-state index contributed by atoms with van der Waals surface area (Å²) in [5.74, 6) is -1.94. The maximum Gasteiger partial charge on any atom is 0.343 e. The molecular weight excluding hydrogens is 529 g/mol. The van der Waals surface area contributed by atoms with Gasteiger partial charge in [-0.3, -0.25) is 4.79 Å². The molecule has 3 aromatic carbocycles. The lowest BCUT2D eigenvalue weighted by Crippen LogP contribution is -2.56. The quantitative estimate of drug-likeness (QED) is 0.296. The molecule has 1 amide bonds. The second-order valence-electron chi connectivity index (χ2n) is 9.56. The van der Waals surface area contributed by atoms with Crippen molar-refractivity contribution in [3.63, 3.8) is 0 Å². The van der Waals surface area contributed by atoms with Gasteiger partial charge >= 0.3 is 5.97 Å². The molecule has 0 bridgehead atoms. The van der Waals surface area contributed by atoms with Crippen LogP contribution in [0.3, 0.4) is 0 Å². The highest BCUT2D eigenvalue weighted by molar-refractivity contribution is 6.42. The number of carbonyl (C=O) groups is 2. The van der Waals surface area contributed by atoms with Crippen molar-refractivity contribution in [2.24, 2.45) is 0 Å². The normalized spacial score (nSPS) is 21.4. The van der Waals surface area contributed by atoms with Crippen molar-refractivity contribution in [1.82, 2.24) is 5.32 Å². The second-order valence-corrected chi connectivity index (χ2v) is 10.4. The number of carbonyl (C=O) groups excluding carboxylic acids is 2. The first-order chi connectivity index (χ1) is 18.1. The number of benzene rings is 3. The number of aliphatic hydroxyl groups excluding tert-OH is 2. The van der Waals surface area contributed by atoms with E-state index in [-0.39, 0.29) is 5.92 Å². The van der Waals surface area contributed by atoms with E-state index < -0.39 is 48.8 Å². The molecule has 1 saturated heterocycles. The standard InChI is InChI=1S/C29H29Cl2NO6/c1-17(32-27(35)15-25(33)29(37)26(34)16-38-28(29)36)22(13-18-7-12-23(30)24(31)14-18)21-10-8-20(9-11-21)19-5-3-2-4-6-19/h2-12,14,17,22,25-26,33-34,37H,13,15-16H2,1H3,(H,32,35)/t17-,22+,25?,26?,29?/m1/s1. The van der Waals surface area contributed by atoms with Gasteiger partial charge in [-0.25, -0.2) is 4.79 Å². The molecule has 0 saturated carbocycles. The van der Waals surface area contributed by atoms with E-state index in [0.29, 0.717) is 16.5 Å². The Morgan fingerprint density at radius 2 is 1.71 bits per heavy atom. The number of amides is 1. The van der Waals surface area contributed by atoms with E-state index in [1.54, 1.807) is 12.1 Å². The molecule has 0 aliphatic carbocycles. The summed E-state index contributed by atoms with van der Waals surface area (Å²) in [4.78, 5) is 24.7. The predicted molar refractivity (Wildman–Crippen MR) is 145 cm³/mol. The van der Waals surface area contributed by atoms with E-state index in [1.807, 2.05) is 67.6 Å². The van der Waals surface area contributed by atoms with E-state index in [1.165, 1.54) is 0 Å². The van der Waals surface area contributed by atoms with Crippen LogP contribution in [0.5, 0.6) is 0 Å². The summed E-state index contributed by atoms with van der Waals surface area (Å²) in [5.41, 5.74) is 1.48. The van der Waals surface area contributed by atoms with Crippen LogP contribution in [0.1, 0.15) is 30.4 Å². The molecule has 1 aliphatic rings. The van der Waals surface area contributed by atoms with Gasteiger partial charge in [-0.1, -0.05) is 83.9 Å². The topological polar surface area (TPSA) is 116 Å². The van der Waals surface area contributed by atoms with Gasteiger partial charge in [0.25, 0.3) is 0 Å². The van der Waals surface area contributed by atoms with E-state index in [9.17, 15) is 24.9 Å². The third-order valence-electron chi connectivity index (χ3n) is 6.97. The minimum absolute atomic E-state index is 0.191. The van der Waals surface area contributed by atoms with Crippen LogP contribution < -0.4 is 5.32 Å². The van der Waals surface area contributed by atoms with Gasteiger partial charge in [-0.05, 0) is 47.7 Å². The number of aliphatic hydroxyl groups is 3. The average molecular weight is 558 g/mol. The van der Waals surface area contributed by atoms with Crippen molar-refractivity contribution in [1.29, 1.82) is 0 Å². The predicted octanol–water partition coefficient (Wildman–Crippen LogP) is 3.89. The van der Waals surface area contributed by atoms with E-state index in [0.717, 1.165) is 22.3 Å². The molecule has 5 atom stereocenters. The van der Waals surface area contributed by atoms with E-state index in [2.05, 4.69) is 10.1 Å². The monoisotopic (exact) mass is 557 g/mol. The van der Waals surface area contributed by atoms with Crippen molar-refractivity contribution < 1.29 is 29.6 Å². The van der Waals surface area contributed by atoms with Crippen LogP contribution in [-0.2, 0) is 20.7 Å². The van der Waals surface area contributed by atoms with Crippen LogP contribution in [0.25, 0.3) is 11.1 Å². The van der Waals surface area contributed by atoms with Gasteiger partial charge in [0.05, 0.1) is 16.5 Å². The molecule has 7 nitrogen and oxygen atoms in total. The number of cyclic esters (lactones) is 1. The second kappa shape index (κ2) is 11.8. The third kappa shape index (κ3) is 6.03. The van der Waals surface area contributed by atoms with Gasteiger partial charge in [-0.15, -0.1) is 0 Å². The summed E-state index contributed by atoms with van der Waals surface area (Å²) < 4.78 is 4.64. The van der Waals surface area contributed by atoms with Gasteiger partial charge in [0.15, 0.2) is 0 Å². The average Bonchev–Trinajstić information content (AvgIpc) is 3.18. The molecule has 3 unspecified atom stereocenters. The lowest BCUT2D eigenvalue weighted by atomic mass is 9.85. The minimum atomic E-state index is -2.55. The number of esters is 1. The zero-order valence-corrected chi connectivity index (χ0v) is 22.2. The summed E-state index contributed by atoms with van der Waals surface area (Å²) in [6.07, 6.45) is -3.53. The summed E-state index contributed by atoms with van der Waals surface area (Å²) in [6.45, 7) is 1.39. The first-order valence-electron chi connectivity index (χ1n) is 12.2. The zero-order chi connectivity index (χ0) is 27.4. The molecule has 3 aromatic rings. The number of nitrogens with one attached hydrogen (secondary N) is 1. The lowest BCUT2D eigenvalue weighted by Gasteiger charge is -2.29. The first kappa shape index (κ1) is 28.1. The van der Waals surface area contributed by atoms with Crippen LogP contribution in [0, 0.1) is 0 Å². The number of halogens is 2. The molecule has 200 valence electrons. The number of ether oxygens (including phenoxy) is 1. The Hall–Kier alpha value is -2.94. The summed E-state index contributed by atoms with van der Waals surface area (Å²) >= 11 is 12.3. The fourth-order valence-corrected chi connectivity index (χ4v) is 5.01. The SMILES string of the molecule is C[C@@H](NC(=O)CC(O)C1(O)C(=O)OCC1O)[C@H](Cc1ccc(Cl)c(Cl)c1)c1ccc(-c2ccccc2)cc1. The molecule has 1 heterocycles. The van der Waals surface area contributed by atoms with E-state index >= 15 is 0 Å². The van der Waals surface area contributed by atoms with Gasteiger partial charge in [0.1, 0.15) is 18.8 Å². The van der Waals surface area contributed by atoms with Crippen molar-refractivity contribution in [2.75, 3.05) is 6.61 Å². The Morgan fingerprint density at radius 1 is 1.05 bits per heavy atom. The summed E-state index contributed by atoms with van der Waals surface area (Å²) in [5, 5.41) is 34.5. The maximum absolute atomic E-state index is 12.8. The zero-order valence-electron chi connectivity index (χ0n) is 20.7. The minimum Gasteiger partial charge on any atom is -0.461 e. The van der Waals surface area contributed by atoms with Crippen molar-refractivity contribution in [3.05, 3.63) is 94.0 Å². The van der Waals surface area contributed by atoms with Crippen molar-refractivity contribution >= 4 is 35.1 Å². The van der Waals surface area contributed by atoms with Gasteiger partial charge in [-0.2, -0.15) is 0 Å². The Labute approximate surface area is 231 Å². The Bertz CT molecular complexity index is 1290. The molecule has 0 spiro atoms. The molecule has 0 radical (unpaired) electrons. The Balaban J connectivity index is 1.54. The summed E-state index contributed by atoms with van der Waals surface area (Å²) in [7, 11) is 0. The van der Waals surface area contributed by atoms with Gasteiger partial charge in [0, 0.05) is 12.0 Å². The lowest BCUT2D eigenvalue weighted by molar-refractivity contribution is -0.172. The molecule has 4 rings (SSSR count). The Kier molecular flexibility index (Phi) is 8.75. The van der Waals surface area contributed by atoms with Gasteiger partial charge in [0.2, 0.25) is 11.5 Å².